The third kappa shape index (κ3) is 3.91. The highest BCUT2D eigenvalue weighted by molar-refractivity contribution is 5.88. The molecule has 1 fully saturated rings. The molecule has 1 saturated heterocycles. The molecule has 1 heterocycles. The summed E-state index contributed by atoms with van der Waals surface area (Å²) < 4.78 is 16.4. The number of benzene rings is 3. The molecule has 33 heavy (non-hydrogen) atoms. The summed E-state index contributed by atoms with van der Waals surface area (Å²) >= 11 is 0. The summed E-state index contributed by atoms with van der Waals surface area (Å²) in [7, 11) is 4.91. The normalized spacial score (nSPS) is 16.0. The molecule has 3 aromatic rings. The molecule has 6 heteroatoms. The molecule has 0 radical (unpaired) electrons. The van der Waals surface area contributed by atoms with E-state index in [4.69, 9.17) is 19.3 Å². The molecule has 5 rings (SSSR count). The van der Waals surface area contributed by atoms with Gasteiger partial charge in [-0.15, -0.1) is 0 Å². The molecule has 1 aliphatic heterocycles. The van der Waals surface area contributed by atoms with Crippen LogP contribution >= 0.6 is 0 Å². The Labute approximate surface area is 195 Å². The molecule has 0 saturated carbocycles. The zero-order valence-electron chi connectivity index (χ0n) is 19.3. The number of hydrogen-bond donors (Lipinski definition) is 0. The van der Waals surface area contributed by atoms with E-state index in [1.54, 1.807) is 21.3 Å². The maximum Gasteiger partial charge on any atom is 0.135 e. The quantitative estimate of drug-likeness (QED) is 0.528. The van der Waals surface area contributed by atoms with Gasteiger partial charge in [0.1, 0.15) is 17.2 Å². The molecule has 6 nitrogen and oxygen atoms in total. The van der Waals surface area contributed by atoms with Crippen LogP contribution in [0.25, 0.3) is 11.1 Å². The molecule has 0 unspecified atom stereocenters. The molecule has 1 aliphatic carbocycles. The summed E-state index contributed by atoms with van der Waals surface area (Å²) in [5.74, 6) is 2.03. The number of rotatable bonds is 6. The van der Waals surface area contributed by atoms with Gasteiger partial charge < -0.3 is 14.2 Å². The maximum atomic E-state index is 5.54. The van der Waals surface area contributed by atoms with Crippen molar-refractivity contribution in [2.75, 3.05) is 47.5 Å². The second-order valence-electron chi connectivity index (χ2n) is 8.26. The maximum absolute atomic E-state index is 5.54. The highest BCUT2D eigenvalue weighted by Crippen LogP contribution is 2.46. The van der Waals surface area contributed by atoms with Crippen LogP contribution in [0.15, 0.2) is 65.8 Å². The molecule has 0 atom stereocenters. The lowest BCUT2D eigenvalue weighted by molar-refractivity contribution is 0.114. The number of piperazine rings is 1. The summed E-state index contributed by atoms with van der Waals surface area (Å²) in [6.45, 7) is 3.61. The number of nitrogens with zero attached hydrogens (tertiary/aromatic N) is 3. The lowest BCUT2D eigenvalue weighted by Crippen LogP contribution is -2.45. The van der Waals surface area contributed by atoms with Gasteiger partial charge in [0, 0.05) is 38.3 Å². The molecule has 2 aliphatic rings. The lowest BCUT2D eigenvalue weighted by Gasteiger charge is -2.37. The Morgan fingerprint density at radius 2 is 1.30 bits per heavy atom. The highest BCUT2D eigenvalue weighted by atomic mass is 16.5. The van der Waals surface area contributed by atoms with Gasteiger partial charge in [-0.3, -0.25) is 9.91 Å². The SMILES string of the molecule is COc1cc(OC)c(C=NN2CCN(C3c4ccccc4-c4ccccc43)CC2)c(OC)c1. The van der Waals surface area contributed by atoms with Crippen LogP contribution in [-0.2, 0) is 0 Å². The van der Waals surface area contributed by atoms with Crippen molar-refractivity contribution in [3.05, 3.63) is 77.4 Å². The molecule has 0 amide bonds. The summed E-state index contributed by atoms with van der Waals surface area (Å²) in [5.41, 5.74) is 6.34. The zero-order chi connectivity index (χ0) is 22.8. The third-order valence-corrected chi connectivity index (χ3v) is 6.56. The fourth-order valence-corrected chi connectivity index (χ4v) is 4.91. The Hall–Kier alpha value is -3.51. The van der Waals surface area contributed by atoms with Crippen molar-refractivity contribution in [3.8, 4) is 28.4 Å². The van der Waals surface area contributed by atoms with Gasteiger partial charge in [0.05, 0.1) is 39.1 Å². The van der Waals surface area contributed by atoms with Crippen LogP contribution in [0.4, 0.5) is 0 Å². The minimum absolute atomic E-state index is 0.310. The van der Waals surface area contributed by atoms with Crippen molar-refractivity contribution in [1.82, 2.24) is 9.91 Å². The van der Waals surface area contributed by atoms with Crippen LogP contribution in [0, 0.1) is 0 Å². The summed E-state index contributed by atoms with van der Waals surface area (Å²) in [6.07, 6.45) is 1.83. The largest absolute Gasteiger partial charge is 0.496 e. The Balaban J connectivity index is 1.32. The van der Waals surface area contributed by atoms with E-state index >= 15 is 0 Å². The average Bonchev–Trinajstić information content (AvgIpc) is 3.21. The van der Waals surface area contributed by atoms with E-state index in [0.29, 0.717) is 23.3 Å². The molecular weight excluding hydrogens is 414 g/mol. The Kier molecular flexibility index (Phi) is 5.92. The topological polar surface area (TPSA) is 46.5 Å². The third-order valence-electron chi connectivity index (χ3n) is 6.56. The molecule has 3 aromatic carbocycles. The number of hydrogen-bond acceptors (Lipinski definition) is 6. The van der Waals surface area contributed by atoms with Gasteiger partial charge in [-0.2, -0.15) is 5.10 Å². The van der Waals surface area contributed by atoms with E-state index in [2.05, 4.69) is 58.4 Å². The van der Waals surface area contributed by atoms with Crippen molar-refractivity contribution in [1.29, 1.82) is 0 Å². The van der Waals surface area contributed by atoms with Crippen molar-refractivity contribution >= 4 is 6.21 Å². The summed E-state index contributed by atoms with van der Waals surface area (Å²) in [6, 6.07) is 21.6. The first kappa shape index (κ1) is 21.3. The van der Waals surface area contributed by atoms with Crippen LogP contribution in [0.3, 0.4) is 0 Å². The van der Waals surface area contributed by atoms with E-state index in [1.165, 1.54) is 22.3 Å². The van der Waals surface area contributed by atoms with Crippen LogP contribution < -0.4 is 14.2 Å². The second-order valence-corrected chi connectivity index (χ2v) is 8.26. The fourth-order valence-electron chi connectivity index (χ4n) is 4.91. The average molecular weight is 444 g/mol. The first-order chi connectivity index (χ1) is 16.2. The highest BCUT2D eigenvalue weighted by Gasteiger charge is 2.33. The Morgan fingerprint density at radius 3 is 1.82 bits per heavy atom. The standard InChI is InChI=1S/C27H29N3O3/c1-31-19-16-25(32-2)24(26(17-19)33-3)18-28-30-14-12-29(13-15-30)27-22-10-6-4-8-20(22)21-9-5-7-11-23(21)27/h4-11,16-18,27H,12-15H2,1-3H3. The van der Waals surface area contributed by atoms with E-state index < -0.39 is 0 Å². The first-order valence-corrected chi connectivity index (χ1v) is 11.2. The molecule has 170 valence electrons. The van der Waals surface area contributed by atoms with E-state index in [1.807, 2.05) is 18.3 Å². The fraction of sp³-hybridized carbons (Fsp3) is 0.296. The van der Waals surface area contributed by atoms with Crippen molar-refractivity contribution in [2.24, 2.45) is 5.10 Å². The van der Waals surface area contributed by atoms with Gasteiger partial charge in [-0.25, -0.2) is 0 Å². The predicted molar refractivity (Wildman–Crippen MR) is 131 cm³/mol. The van der Waals surface area contributed by atoms with Crippen molar-refractivity contribution in [3.63, 3.8) is 0 Å². The van der Waals surface area contributed by atoms with Gasteiger partial charge >= 0.3 is 0 Å². The van der Waals surface area contributed by atoms with E-state index in [-0.39, 0.29) is 0 Å². The molecular formula is C27H29N3O3. The van der Waals surface area contributed by atoms with Crippen LogP contribution in [0.1, 0.15) is 22.7 Å². The minimum Gasteiger partial charge on any atom is -0.496 e. The minimum atomic E-state index is 0.310. The van der Waals surface area contributed by atoms with Gasteiger partial charge in [0.15, 0.2) is 0 Å². The van der Waals surface area contributed by atoms with E-state index in [9.17, 15) is 0 Å². The van der Waals surface area contributed by atoms with Gasteiger partial charge in [0.2, 0.25) is 0 Å². The Bertz CT molecular complexity index is 1100. The first-order valence-electron chi connectivity index (χ1n) is 11.2. The lowest BCUT2D eigenvalue weighted by atomic mass is 10.0. The molecule has 0 spiro atoms. The summed E-state index contributed by atoms with van der Waals surface area (Å²) in [4.78, 5) is 2.57. The second kappa shape index (κ2) is 9.16. The Morgan fingerprint density at radius 1 is 0.758 bits per heavy atom. The number of methoxy groups -OCH3 is 3. The van der Waals surface area contributed by atoms with E-state index in [0.717, 1.165) is 31.7 Å². The van der Waals surface area contributed by atoms with Crippen LogP contribution in [-0.4, -0.2) is 63.6 Å². The van der Waals surface area contributed by atoms with Crippen LogP contribution in [0.2, 0.25) is 0 Å². The smallest absolute Gasteiger partial charge is 0.135 e. The van der Waals surface area contributed by atoms with Gasteiger partial charge in [-0.05, 0) is 22.3 Å². The monoisotopic (exact) mass is 443 g/mol. The molecule has 0 bridgehead atoms. The number of ether oxygens (including phenoxy) is 3. The van der Waals surface area contributed by atoms with Gasteiger partial charge in [0.25, 0.3) is 0 Å². The van der Waals surface area contributed by atoms with Crippen molar-refractivity contribution < 1.29 is 14.2 Å². The predicted octanol–water partition coefficient (Wildman–Crippen LogP) is 4.43. The zero-order valence-corrected chi connectivity index (χ0v) is 19.3. The van der Waals surface area contributed by atoms with Gasteiger partial charge in [-0.1, -0.05) is 48.5 Å². The number of fused-ring (bicyclic) bond motifs is 3. The van der Waals surface area contributed by atoms with Crippen LogP contribution in [0.5, 0.6) is 17.2 Å². The molecule has 0 N–H and O–H groups in total. The van der Waals surface area contributed by atoms with Crippen molar-refractivity contribution in [2.45, 2.75) is 6.04 Å². The number of hydrazone groups is 1. The molecule has 0 aromatic heterocycles. The summed E-state index contributed by atoms with van der Waals surface area (Å²) in [5, 5.41) is 6.87.